The summed E-state index contributed by atoms with van der Waals surface area (Å²) in [5, 5.41) is 0. The maximum atomic E-state index is 11.6. The van der Waals surface area contributed by atoms with Gasteiger partial charge in [-0.2, -0.15) is 0 Å². The fraction of sp³-hybridized carbons (Fsp3) is 0.750. The Bertz CT molecular complexity index is 254. The number of hydrogen-bond donors (Lipinski definition) is 2. The van der Waals surface area contributed by atoms with Gasteiger partial charge >= 0.3 is 0 Å². The van der Waals surface area contributed by atoms with Crippen molar-refractivity contribution in [2.24, 2.45) is 0 Å². The van der Waals surface area contributed by atoms with E-state index in [4.69, 9.17) is 0 Å². The summed E-state index contributed by atoms with van der Waals surface area (Å²) in [4.78, 5) is 11.6. The summed E-state index contributed by atoms with van der Waals surface area (Å²) in [6.45, 7) is 0. The lowest BCUT2D eigenvalue weighted by molar-refractivity contribution is -0.118. The van der Waals surface area contributed by atoms with Gasteiger partial charge in [-0.25, -0.2) is 5.43 Å². The molecule has 0 aromatic rings. The summed E-state index contributed by atoms with van der Waals surface area (Å²) in [5.74, 6) is 0.0815. The average molecular weight is 208 g/mol. The minimum absolute atomic E-state index is 0.0815. The standard InChI is InChI=1S/C12H20N2O/c15-12(10-6-4-5-7-10)14-13-11-8-2-1-3-9-11/h6,11,13H,1-5,7-9H2,(H,14,15). The Balaban J connectivity index is 1.70. The highest BCUT2D eigenvalue weighted by Gasteiger charge is 2.16. The van der Waals surface area contributed by atoms with Gasteiger partial charge in [-0.15, -0.1) is 0 Å². The van der Waals surface area contributed by atoms with E-state index in [2.05, 4.69) is 16.9 Å². The largest absolute Gasteiger partial charge is 0.287 e. The van der Waals surface area contributed by atoms with Gasteiger partial charge in [0.25, 0.3) is 5.91 Å². The van der Waals surface area contributed by atoms with Gasteiger partial charge in [-0.05, 0) is 32.1 Å². The number of hydrogen-bond acceptors (Lipinski definition) is 2. The molecule has 15 heavy (non-hydrogen) atoms. The van der Waals surface area contributed by atoms with Crippen LogP contribution in [0.4, 0.5) is 0 Å². The smallest absolute Gasteiger partial charge is 0.260 e. The molecule has 0 radical (unpaired) electrons. The molecule has 0 saturated heterocycles. The highest BCUT2D eigenvalue weighted by Crippen LogP contribution is 2.18. The molecular formula is C12H20N2O. The Kier molecular flexibility index (Phi) is 3.78. The Labute approximate surface area is 91.3 Å². The highest BCUT2D eigenvalue weighted by atomic mass is 16.2. The predicted molar refractivity (Wildman–Crippen MR) is 60.1 cm³/mol. The zero-order valence-electron chi connectivity index (χ0n) is 9.22. The molecule has 3 heteroatoms. The minimum Gasteiger partial charge on any atom is -0.287 e. The Morgan fingerprint density at radius 1 is 1.20 bits per heavy atom. The number of carbonyl (C=O) groups is 1. The minimum atomic E-state index is 0.0815. The zero-order chi connectivity index (χ0) is 10.5. The second-order valence-corrected chi connectivity index (χ2v) is 4.55. The van der Waals surface area contributed by atoms with Crippen molar-refractivity contribution in [3.8, 4) is 0 Å². The molecule has 3 nitrogen and oxygen atoms in total. The molecule has 0 unspecified atom stereocenters. The molecule has 0 heterocycles. The molecule has 0 spiro atoms. The first-order valence-electron chi connectivity index (χ1n) is 6.11. The molecule has 2 aliphatic rings. The van der Waals surface area contributed by atoms with Crippen LogP contribution < -0.4 is 10.9 Å². The Morgan fingerprint density at radius 2 is 2.00 bits per heavy atom. The van der Waals surface area contributed by atoms with Crippen molar-refractivity contribution >= 4 is 5.91 Å². The molecule has 2 N–H and O–H groups in total. The third-order valence-electron chi connectivity index (χ3n) is 3.33. The van der Waals surface area contributed by atoms with Crippen LogP contribution in [0.25, 0.3) is 0 Å². The van der Waals surface area contributed by atoms with Crippen LogP contribution in [0, 0.1) is 0 Å². The number of allylic oxidation sites excluding steroid dienone is 1. The molecule has 1 amide bonds. The lowest BCUT2D eigenvalue weighted by atomic mass is 9.96. The SMILES string of the molecule is O=C(NNC1CCCCC1)C1=CCCC1. The molecule has 2 aliphatic carbocycles. The maximum Gasteiger partial charge on any atom is 0.260 e. The van der Waals surface area contributed by atoms with Crippen molar-refractivity contribution in [1.82, 2.24) is 10.9 Å². The van der Waals surface area contributed by atoms with E-state index in [0.717, 1.165) is 24.8 Å². The predicted octanol–water partition coefficient (Wildman–Crippen LogP) is 2.05. The molecule has 1 fully saturated rings. The topological polar surface area (TPSA) is 41.1 Å². The number of amides is 1. The summed E-state index contributed by atoms with van der Waals surface area (Å²) in [5.41, 5.74) is 6.95. The first-order chi connectivity index (χ1) is 7.36. The second-order valence-electron chi connectivity index (χ2n) is 4.55. The normalized spacial score (nSPS) is 22.5. The zero-order valence-corrected chi connectivity index (χ0v) is 9.22. The second kappa shape index (κ2) is 5.31. The van der Waals surface area contributed by atoms with Crippen molar-refractivity contribution in [2.75, 3.05) is 0 Å². The quantitative estimate of drug-likeness (QED) is 0.697. The number of rotatable bonds is 3. The Morgan fingerprint density at radius 3 is 2.67 bits per heavy atom. The van der Waals surface area contributed by atoms with Crippen molar-refractivity contribution in [3.63, 3.8) is 0 Å². The van der Waals surface area contributed by atoms with E-state index in [1.165, 1.54) is 32.1 Å². The molecule has 1 saturated carbocycles. The average Bonchev–Trinajstić information content (AvgIpc) is 2.81. The van der Waals surface area contributed by atoms with Gasteiger partial charge in [0, 0.05) is 11.6 Å². The van der Waals surface area contributed by atoms with Crippen molar-refractivity contribution < 1.29 is 4.79 Å². The van der Waals surface area contributed by atoms with Crippen molar-refractivity contribution in [1.29, 1.82) is 0 Å². The van der Waals surface area contributed by atoms with Crippen molar-refractivity contribution in [2.45, 2.75) is 57.4 Å². The van der Waals surface area contributed by atoms with Crippen LogP contribution in [-0.4, -0.2) is 11.9 Å². The van der Waals surface area contributed by atoms with Crippen LogP contribution in [0.15, 0.2) is 11.6 Å². The summed E-state index contributed by atoms with van der Waals surface area (Å²) < 4.78 is 0. The van der Waals surface area contributed by atoms with E-state index >= 15 is 0 Å². The monoisotopic (exact) mass is 208 g/mol. The van der Waals surface area contributed by atoms with Crippen LogP contribution >= 0.6 is 0 Å². The van der Waals surface area contributed by atoms with Crippen LogP contribution in [0.2, 0.25) is 0 Å². The first kappa shape index (κ1) is 10.7. The van der Waals surface area contributed by atoms with Gasteiger partial charge in [0.05, 0.1) is 0 Å². The maximum absolute atomic E-state index is 11.6. The number of carbonyl (C=O) groups excluding carboxylic acids is 1. The number of nitrogens with one attached hydrogen (secondary N) is 2. The van der Waals surface area contributed by atoms with Gasteiger partial charge in [0.1, 0.15) is 0 Å². The third kappa shape index (κ3) is 3.06. The summed E-state index contributed by atoms with van der Waals surface area (Å²) >= 11 is 0. The Hall–Kier alpha value is -0.830. The lowest BCUT2D eigenvalue weighted by Crippen LogP contribution is -2.45. The van der Waals surface area contributed by atoms with Crippen molar-refractivity contribution in [3.05, 3.63) is 11.6 Å². The van der Waals surface area contributed by atoms with E-state index in [1.807, 2.05) is 0 Å². The summed E-state index contributed by atoms with van der Waals surface area (Å²) in [7, 11) is 0. The van der Waals surface area contributed by atoms with Gasteiger partial charge in [0.2, 0.25) is 0 Å². The molecule has 0 aromatic carbocycles. The molecule has 2 rings (SSSR count). The van der Waals surface area contributed by atoms with Crippen LogP contribution in [0.1, 0.15) is 51.4 Å². The molecule has 0 bridgehead atoms. The van der Waals surface area contributed by atoms with E-state index in [1.54, 1.807) is 0 Å². The van der Waals surface area contributed by atoms with E-state index in [9.17, 15) is 4.79 Å². The van der Waals surface area contributed by atoms with E-state index in [-0.39, 0.29) is 5.91 Å². The molecule has 0 aromatic heterocycles. The molecular weight excluding hydrogens is 188 g/mol. The van der Waals surface area contributed by atoms with Gasteiger partial charge in [-0.3, -0.25) is 10.2 Å². The van der Waals surface area contributed by atoms with Gasteiger partial charge in [-0.1, -0.05) is 25.3 Å². The van der Waals surface area contributed by atoms with Crippen LogP contribution in [0.3, 0.4) is 0 Å². The highest BCUT2D eigenvalue weighted by molar-refractivity contribution is 5.93. The van der Waals surface area contributed by atoms with Crippen LogP contribution in [0.5, 0.6) is 0 Å². The first-order valence-corrected chi connectivity index (χ1v) is 6.11. The summed E-state index contributed by atoms with van der Waals surface area (Å²) in [6.07, 6.45) is 11.5. The van der Waals surface area contributed by atoms with Gasteiger partial charge in [0.15, 0.2) is 0 Å². The molecule has 0 atom stereocenters. The van der Waals surface area contributed by atoms with Crippen LogP contribution in [-0.2, 0) is 4.79 Å². The fourth-order valence-electron chi connectivity index (χ4n) is 2.37. The molecule has 0 aliphatic heterocycles. The fourth-order valence-corrected chi connectivity index (χ4v) is 2.37. The van der Waals surface area contributed by atoms with Gasteiger partial charge < -0.3 is 0 Å². The lowest BCUT2D eigenvalue weighted by Gasteiger charge is -2.23. The van der Waals surface area contributed by atoms with E-state index < -0.39 is 0 Å². The summed E-state index contributed by atoms with van der Waals surface area (Å²) in [6, 6.07) is 0.490. The third-order valence-corrected chi connectivity index (χ3v) is 3.33. The number of hydrazine groups is 1. The van der Waals surface area contributed by atoms with E-state index in [0.29, 0.717) is 6.04 Å². The molecule has 84 valence electrons.